The predicted octanol–water partition coefficient (Wildman–Crippen LogP) is 5.88. The van der Waals surface area contributed by atoms with Gasteiger partial charge in [0.05, 0.1) is 5.75 Å². The van der Waals surface area contributed by atoms with Gasteiger partial charge in [-0.3, -0.25) is 4.79 Å². The summed E-state index contributed by atoms with van der Waals surface area (Å²) >= 11 is 7.12. The molecule has 1 atom stereocenters. The molecular formula is C20H19ClN2O2S. The van der Waals surface area contributed by atoms with E-state index in [1.807, 2.05) is 36.4 Å². The van der Waals surface area contributed by atoms with Crippen LogP contribution in [0.2, 0.25) is 5.02 Å². The zero-order valence-electron chi connectivity index (χ0n) is 14.6. The van der Waals surface area contributed by atoms with E-state index in [9.17, 15) is 4.79 Å². The van der Waals surface area contributed by atoms with Crippen LogP contribution in [0.3, 0.4) is 0 Å². The number of halogens is 1. The molecule has 0 amide bonds. The first kappa shape index (κ1) is 18.7. The second-order valence-corrected chi connectivity index (χ2v) is 7.39. The molecule has 1 aromatic heterocycles. The Bertz CT molecular complexity index is 876. The monoisotopic (exact) mass is 386 g/mol. The van der Waals surface area contributed by atoms with Crippen molar-refractivity contribution >= 4 is 29.1 Å². The highest BCUT2D eigenvalue weighted by molar-refractivity contribution is 7.99. The molecule has 4 nitrogen and oxygen atoms in total. The first-order valence-corrected chi connectivity index (χ1v) is 9.78. The Morgan fingerprint density at radius 2 is 1.81 bits per heavy atom. The third-order valence-corrected chi connectivity index (χ3v) is 5.31. The van der Waals surface area contributed by atoms with Crippen LogP contribution in [0.5, 0.6) is 0 Å². The fraction of sp³-hybridized carbons (Fsp3) is 0.250. The largest absolute Gasteiger partial charge is 0.411 e. The van der Waals surface area contributed by atoms with Crippen molar-refractivity contribution in [1.82, 2.24) is 10.2 Å². The van der Waals surface area contributed by atoms with Crippen LogP contribution in [0.4, 0.5) is 0 Å². The van der Waals surface area contributed by atoms with Crippen molar-refractivity contribution in [3.8, 4) is 11.5 Å². The maximum Gasteiger partial charge on any atom is 0.277 e. The normalized spacial score (nSPS) is 12.1. The fourth-order valence-electron chi connectivity index (χ4n) is 2.42. The van der Waals surface area contributed by atoms with E-state index in [0.717, 1.165) is 12.0 Å². The smallest absolute Gasteiger partial charge is 0.277 e. The summed E-state index contributed by atoms with van der Waals surface area (Å²) in [5.41, 5.74) is 2.74. The van der Waals surface area contributed by atoms with Crippen molar-refractivity contribution in [3.05, 3.63) is 64.7 Å². The van der Waals surface area contributed by atoms with Gasteiger partial charge in [0.2, 0.25) is 5.89 Å². The summed E-state index contributed by atoms with van der Waals surface area (Å²) in [4.78, 5) is 12.4. The number of ketones is 1. The van der Waals surface area contributed by atoms with Crippen molar-refractivity contribution in [2.75, 3.05) is 5.75 Å². The lowest BCUT2D eigenvalue weighted by Gasteiger charge is -2.09. The first-order chi connectivity index (χ1) is 12.6. The van der Waals surface area contributed by atoms with Crippen LogP contribution >= 0.6 is 23.4 Å². The summed E-state index contributed by atoms with van der Waals surface area (Å²) in [6.07, 6.45) is 1.08. The second-order valence-electron chi connectivity index (χ2n) is 6.02. The Kier molecular flexibility index (Phi) is 6.12. The van der Waals surface area contributed by atoms with Crippen molar-refractivity contribution in [3.63, 3.8) is 0 Å². The summed E-state index contributed by atoms with van der Waals surface area (Å²) in [6, 6.07) is 15.0. The number of hydrogen-bond acceptors (Lipinski definition) is 5. The molecule has 26 heavy (non-hydrogen) atoms. The lowest BCUT2D eigenvalue weighted by Crippen LogP contribution is -2.03. The van der Waals surface area contributed by atoms with Crippen LogP contribution in [0.25, 0.3) is 11.5 Å². The van der Waals surface area contributed by atoms with E-state index in [4.69, 9.17) is 16.0 Å². The van der Waals surface area contributed by atoms with Crippen LogP contribution in [0, 0.1) is 0 Å². The van der Waals surface area contributed by atoms with E-state index in [0.29, 0.717) is 27.6 Å². The summed E-state index contributed by atoms with van der Waals surface area (Å²) in [5, 5.41) is 9.03. The number of benzene rings is 2. The molecule has 0 spiro atoms. The summed E-state index contributed by atoms with van der Waals surface area (Å²) in [5.74, 6) is 1.20. The highest BCUT2D eigenvalue weighted by atomic mass is 35.5. The van der Waals surface area contributed by atoms with Gasteiger partial charge >= 0.3 is 0 Å². The minimum absolute atomic E-state index is 0.0388. The molecule has 0 saturated heterocycles. The topological polar surface area (TPSA) is 56.0 Å². The van der Waals surface area contributed by atoms with E-state index < -0.39 is 0 Å². The molecule has 3 rings (SSSR count). The molecule has 0 bridgehead atoms. The van der Waals surface area contributed by atoms with Crippen LogP contribution in [-0.2, 0) is 0 Å². The zero-order chi connectivity index (χ0) is 18.5. The van der Waals surface area contributed by atoms with Gasteiger partial charge in [0.1, 0.15) is 0 Å². The van der Waals surface area contributed by atoms with Crippen molar-refractivity contribution < 1.29 is 9.21 Å². The van der Waals surface area contributed by atoms with Gasteiger partial charge in [-0.1, -0.05) is 61.5 Å². The molecule has 0 aliphatic carbocycles. The first-order valence-electron chi connectivity index (χ1n) is 8.42. The van der Waals surface area contributed by atoms with Gasteiger partial charge < -0.3 is 4.42 Å². The number of nitrogens with zero attached hydrogens (tertiary/aromatic N) is 2. The minimum Gasteiger partial charge on any atom is -0.411 e. The van der Waals surface area contributed by atoms with Gasteiger partial charge in [-0.05, 0) is 42.2 Å². The van der Waals surface area contributed by atoms with Crippen LogP contribution < -0.4 is 0 Å². The molecule has 6 heteroatoms. The van der Waals surface area contributed by atoms with Gasteiger partial charge in [0, 0.05) is 16.1 Å². The van der Waals surface area contributed by atoms with E-state index in [1.54, 1.807) is 12.1 Å². The Balaban J connectivity index is 1.60. The number of Topliss-reactive ketones (excluding diaryl/α,β-unsaturated/α-hetero) is 1. The van der Waals surface area contributed by atoms with Crippen LogP contribution in [0.1, 0.15) is 42.1 Å². The van der Waals surface area contributed by atoms with Crippen molar-refractivity contribution in [1.29, 1.82) is 0 Å². The Morgan fingerprint density at radius 3 is 2.46 bits per heavy atom. The molecule has 3 aromatic rings. The lowest BCUT2D eigenvalue weighted by atomic mass is 9.97. The van der Waals surface area contributed by atoms with Crippen LogP contribution in [0.15, 0.2) is 58.2 Å². The molecule has 0 saturated carbocycles. The maximum absolute atomic E-state index is 12.4. The number of carbonyl (C=O) groups is 1. The minimum atomic E-state index is 0.0388. The molecule has 0 radical (unpaired) electrons. The Labute approximate surface area is 162 Å². The van der Waals surface area contributed by atoms with Gasteiger partial charge in [-0.15, -0.1) is 10.2 Å². The number of thioether (sulfide) groups is 1. The lowest BCUT2D eigenvalue weighted by molar-refractivity contribution is 0.102. The molecule has 0 unspecified atom stereocenters. The third kappa shape index (κ3) is 4.54. The average molecular weight is 387 g/mol. The molecule has 0 aliphatic heterocycles. The van der Waals surface area contributed by atoms with Gasteiger partial charge in [0.25, 0.3) is 5.22 Å². The number of hydrogen-bond donors (Lipinski definition) is 0. The Morgan fingerprint density at radius 1 is 1.12 bits per heavy atom. The number of rotatable bonds is 7. The zero-order valence-corrected chi connectivity index (χ0v) is 16.2. The van der Waals surface area contributed by atoms with E-state index in [1.165, 1.54) is 17.3 Å². The molecule has 2 aromatic carbocycles. The molecule has 0 N–H and O–H groups in total. The quantitative estimate of drug-likeness (QED) is 0.375. The van der Waals surface area contributed by atoms with Gasteiger partial charge in [0.15, 0.2) is 5.78 Å². The molecule has 0 fully saturated rings. The molecule has 134 valence electrons. The third-order valence-electron chi connectivity index (χ3n) is 4.24. The Hall–Kier alpha value is -2.11. The predicted molar refractivity (Wildman–Crippen MR) is 105 cm³/mol. The second kappa shape index (κ2) is 8.52. The van der Waals surface area contributed by atoms with Crippen LogP contribution in [-0.4, -0.2) is 21.7 Å². The molecule has 1 heterocycles. The number of carbonyl (C=O) groups excluding carboxylic acids is 1. The summed E-state index contributed by atoms with van der Waals surface area (Å²) in [6.45, 7) is 4.34. The van der Waals surface area contributed by atoms with Gasteiger partial charge in [-0.25, -0.2) is 0 Å². The van der Waals surface area contributed by atoms with Gasteiger partial charge in [-0.2, -0.15) is 0 Å². The van der Waals surface area contributed by atoms with E-state index in [2.05, 4.69) is 24.0 Å². The standard InChI is InChI=1S/C20H19ClN2O2S/c1-3-13(2)14-4-6-15(7-5-14)18(24)12-26-20-23-22-19(25-20)16-8-10-17(21)11-9-16/h4-11,13H,3,12H2,1-2H3/t13-/m0/s1. The van der Waals surface area contributed by atoms with E-state index >= 15 is 0 Å². The highest BCUT2D eigenvalue weighted by Crippen LogP contribution is 2.25. The molecular weight excluding hydrogens is 368 g/mol. The number of aromatic nitrogens is 2. The SMILES string of the molecule is CC[C@H](C)c1ccc(C(=O)CSc2nnc(-c3ccc(Cl)cc3)o2)cc1. The fourth-order valence-corrected chi connectivity index (χ4v) is 3.20. The summed E-state index contributed by atoms with van der Waals surface area (Å²) in [7, 11) is 0. The summed E-state index contributed by atoms with van der Waals surface area (Å²) < 4.78 is 5.61. The van der Waals surface area contributed by atoms with Crippen molar-refractivity contribution in [2.24, 2.45) is 0 Å². The maximum atomic E-state index is 12.4. The highest BCUT2D eigenvalue weighted by Gasteiger charge is 2.13. The van der Waals surface area contributed by atoms with E-state index in [-0.39, 0.29) is 11.5 Å². The average Bonchev–Trinajstić information content (AvgIpc) is 3.15. The molecule has 0 aliphatic rings. The van der Waals surface area contributed by atoms with Crippen molar-refractivity contribution in [2.45, 2.75) is 31.4 Å².